The van der Waals surface area contributed by atoms with E-state index in [4.69, 9.17) is 32.7 Å². The molecule has 1 atom stereocenters. The predicted molar refractivity (Wildman–Crippen MR) is 112 cm³/mol. The zero-order valence-corrected chi connectivity index (χ0v) is 18.2. The minimum Gasteiger partial charge on any atom is -0.479 e. The molecule has 2 N–H and O–H groups in total. The van der Waals surface area contributed by atoms with Gasteiger partial charge in [0.1, 0.15) is 15.6 Å². The molecule has 0 bridgehead atoms. The molecule has 2 aromatic rings. The van der Waals surface area contributed by atoms with Crippen LogP contribution in [0.4, 0.5) is 5.13 Å². The lowest BCUT2D eigenvalue weighted by molar-refractivity contribution is -0.128. The molecule has 1 unspecified atom stereocenters. The number of hydrazine groups is 1. The molecule has 8 nitrogen and oxygen atoms in total. The maximum absolute atomic E-state index is 12.5. The molecular formula is C18H20Cl2N4O4S. The third-order valence-electron chi connectivity index (χ3n) is 4.16. The molecule has 29 heavy (non-hydrogen) atoms. The first kappa shape index (κ1) is 21.6. The largest absolute Gasteiger partial charge is 0.479 e. The summed E-state index contributed by atoms with van der Waals surface area (Å²) in [5.41, 5.74) is 5.35. The van der Waals surface area contributed by atoms with Gasteiger partial charge >= 0.3 is 0 Å². The first-order chi connectivity index (χ1) is 13.9. The highest BCUT2D eigenvalue weighted by Crippen LogP contribution is 2.32. The van der Waals surface area contributed by atoms with Gasteiger partial charge in [0.2, 0.25) is 0 Å². The number of carbonyl (C=O) groups excluding carboxylic acids is 2. The number of benzene rings is 1. The number of aromatic nitrogens is 1. The predicted octanol–water partition coefficient (Wildman–Crippen LogP) is 2.82. The minimum absolute atomic E-state index is 0.216. The second-order valence-electron chi connectivity index (χ2n) is 6.27. The maximum atomic E-state index is 12.5. The van der Waals surface area contributed by atoms with Crippen LogP contribution in [0.15, 0.2) is 18.2 Å². The third-order valence-corrected chi connectivity index (χ3v) is 6.18. The van der Waals surface area contributed by atoms with E-state index in [1.807, 2.05) is 0 Å². The van der Waals surface area contributed by atoms with Crippen LogP contribution >= 0.6 is 34.5 Å². The average Bonchev–Trinajstić information content (AvgIpc) is 3.11. The molecule has 0 saturated carbocycles. The number of hydrogen-bond donors (Lipinski definition) is 2. The number of thiazole rings is 1. The Balaban J connectivity index is 1.56. The van der Waals surface area contributed by atoms with E-state index in [-0.39, 0.29) is 10.8 Å². The fraction of sp³-hybridized carbons (Fsp3) is 0.389. The summed E-state index contributed by atoms with van der Waals surface area (Å²) in [6, 6.07) is 4.88. The molecule has 11 heteroatoms. The van der Waals surface area contributed by atoms with Crippen LogP contribution in [0.1, 0.15) is 22.3 Å². The number of ether oxygens (including phenoxy) is 2. The highest BCUT2D eigenvalue weighted by molar-refractivity contribution is 7.17. The Morgan fingerprint density at radius 3 is 2.72 bits per heavy atom. The van der Waals surface area contributed by atoms with Crippen molar-refractivity contribution in [1.29, 1.82) is 0 Å². The van der Waals surface area contributed by atoms with Crippen LogP contribution in [-0.4, -0.2) is 49.2 Å². The number of aryl methyl sites for hydroxylation is 1. The van der Waals surface area contributed by atoms with Gasteiger partial charge in [-0.25, -0.2) is 4.98 Å². The van der Waals surface area contributed by atoms with Crippen molar-refractivity contribution >= 4 is 51.5 Å². The number of hydrogen-bond acceptors (Lipinski definition) is 7. The van der Waals surface area contributed by atoms with E-state index < -0.39 is 17.9 Å². The summed E-state index contributed by atoms with van der Waals surface area (Å²) < 4.78 is 10.9. The molecule has 0 aliphatic carbocycles. The van der Waals surface area contributed by atoms with Crippen LogP contribution in [-0.2, 0) is 9.53 Å². The summed E-state index contributed by atoms with van der Waals surface area (Å²) >= 11 is 13.3. The SMILES string of the molecule is Cc1nc(N2CCOCC2)sc1C(=O)NNC(=O)C(C)Oc1cccc(Cl)c1Cl. The van der Waals surface area contributed by atoms with Crippen molar-refractivity contribution in [3.05, 3.63) is 38.8 Å². The second kappa shape index (κ2) is 9.62. The number of amides is 2. The molecule has 1 fully saturated rings. The molecule has 2 amide bonds. The summed E-state index contributed by atoms with van der Waals surface area (Å²) in [5, 5.41) is 1.30. The van der Waals surface area contributed by atoms with Crippen LogP contribution in [0.2, 0.25) is 10.0 Å². The number of rotatable bonds is 5. The Hall–Kier alpha value is -2.07. The molecule has 1 aromatic carbocycles. The van der Waals surface area contributed by atoms with Crippen molar-refractivity contribution in [2.45, 2.75) is 20.0 Å². The fourth-order valence-electron chi connectivity index (χ4n) is 2.58. The van der Waals surface area contributed by atoms with Crippen molar-refractivity contribution in [2.75, 3.05) is 31.2 Å². The van der Waals surface area contributed by atoms with Gasteiger partial charge in [-0.3, -0.25) is 20.4 Å². The van der Waals surface area contributed by atoms with E-state index in [1.54, 1.807) is 25.1 Å². The molecule has 1 aliphatic rings. The zero-order valence-electron chi connectivity index (χ0n) is 15.8. The quantitative estimate of drug-likeness (QED) is 0.669. The van der Waals surface area contributed by atoms with Gasteiger partial charge in [-0.05, 0) is 26.0 Å². The molecule has 3 rings (SSSR count). The average molecular weight is 459 g/mol. The van der Waals surface area contributed by atoms with E-state index in [2.05, 4.69) is 20.7 Å². The van der Waals surface area contributed by atoms with Crippen molar-refractivity contribution < 1.29 is 19.1 Å². The summed E-state index contributed by atoms with van der Waals surface area (Å²) in [7, 11) is 0. The summed E-state index contributed by atoms with van der Waals surface area (Å²) in [4.78, 5) is 31.7. The maximum Gasteiger partial charge on any atom is 0.281 e. The van der Waals surface area contributed by atoms with Crippen LogP contribution in [0, 0.1) is 6.92 Å². The molecule has 1 saturated heterocycles. The van der Waals surface area contributed by atoms with Crippen molar-refractivity contribution in [3.8, 4) is 5.75 Å². The number of anilines is 1. The molecule has 0 radical (unpaired) electrons. The first-order valence-electron chi connectivity index (χ1n) is 8.87. The van der Waals surface area contributed by atoms with Gasteiger partial charge in [-0.2, -0.15) is 0 Å². The Morgan fingerprint density at radius 1 is 1.28 bits per heavy atom. The number of nitrogens with one attached hydrogen (secondary N) is 2. The van der Waals surface area contributed by atoms with Gasteiger partial charge in [0, 0.05) is 13.1 Å². The summed E-state index contributed by atoms with van der Waals surface area (Å²) in [6.07, 6.45) is -0.905. The monoisotopic (exact) mass is 458 g/mol. The van der Waals surface area contributed by atoms with Crippen molar-refractivity contribution in [3.63, 3.8) is 0 Å². The highest BCUT2D eigenvalue weighted by Gasteiger charge is 2.22. The van der Waals surface area contributed by atoms with Crippen LogP contribution in [0.3, 0.4) is 0 Å². The third kappa shape index (κ3) is 5.30. The lowest BCUT2D eigenvalue weighted by Crippen LogP contribution is -2.47. The normalized spacial score (nSPS) is 15.0. The lowest BCUT2D eigenvalue weighted by atomic mass is 10.3. The number of nitrogens with zero attached hydrogens (tertiary/aromatic N) is 2. The van der Waals surface area contributed by atoms with E-state index in [0.29, 0.717) is 28.8 Å². The molecule has 156 valence electrons. The van der Waals surface area contributed by atoms with E-state index in [1.165, 1.54) is 18.3 Å². The number of halogens is 2. The van der Waals surface area contributed by atoms with Crippen LogP contribution in [0.25, 0.3) is 0 Å². The zero-order chi connectivity index (χ0) is 21.0. The van der Waals surface area contributed by atoms with Gasteiger partial charge < -0.3 is 14.4 Å². The van der Waals surface area contributed by atoms with E-state index in [9.17, 15) is 9.59 Å². The fourth-order valence-corrected chi connectivity index (χ4v) is 3.93. The highest BCUT2D eigenvalue weighted by atomic mass is 35.5. The molecule has 1 aliphatic heterocycles. The number of morpholine rings is 1. The van der Waals surface area contributed by atoms with Crippen molar-refractivity contribution in [2.24, 2.45) is 0 Å². The Kier molecular flexibility index (Phi) is 7.18. The standard InChI is InChI=1S/C18H20Cl2N4O4S/c1-10-15(29-18(21-10)24-6-8-27-9-7-24)17(26)23-22-16(25)11(2)28-13-5-3-4-12(19)14(13)20/h3-5,11H,6-9H2,1-2H3,(H,22,25)(H,23,26). The molecule has 0 spiro atoms. The van der Waals surface area contributed by atoms with Crippen LogP contribution in [0.5, 0.6) is 5.75 Å². The van der Waals surface area contributed by atoms with E-state index >= 15 is 0 Å². The molecule has 1 aromatic heterocycles. The lowest BCUT2D eigenvalue weighted by Gasteiger charge is -2.25. The Morgan fingerprint density at radius 2 is 2.00 bits per heavy atom. The topological polar surface area (TPSA) is 92.8 Å². The molecular weight excluding hydrogens is 439 g/mol. The van der Waals surface area contributed by atoms with Gasteiger partial charge in [-0.1, -0.05) is 40.6 Å². The second-order valence-corrected chi connectivity index (χ2v) is 8.03. The number of carbonyl (C=O) groups is 2. The Bertz CT molecular complexity index is 902. The van der Waals surface area contributed by atoms with Gasteiger partial charge in [0.15, 0.2) is 11.2 Å². The van der Waals surface area contributed by atoms with Gasteiger partial charge in [0.05, 0.1) is 23.9 Å². The summed E-state index contributed by atoms with van der Waals surface area (Å²) in [6.45, 7) is 6.00. The minimum atomic E-state index is -0.905. The van der Waals surface area contributed by atoms with E-state index in [0.717, 1.165) is 18.2 Å². The summed E-state index contributed by atoms with van der Waals surface area (Å²) in [5.74, 6) is -0.701. The molecule has 2 heterocycles. The van der Waals surface area contributed by atoms with Gasteiger partial charge in [-0.15, -0.1) is 0 Å². The first-order valence-corrected chi connectivity index (χ1v) is 10.4. The van der Waals surface area contributed by atoms with Crippen molar-refractivity contribution in [1.82, 2.24) is 15.8 Å². The van der Waals surface area contributed by atoms with Gasteiger partial charge in [0.25, 0.3) is 11.8 Å². The van der Waals surface area contributed by atoms with Crippen LogP contribution < -0.4 is 20.5 Å². The smallest absolute Gasteiger partial charge is 0.281 e. The Labute approximate surface area is 182 Å².